The molecule has 2 aromatic rings. The smallest absolute Gasteiger partial charge is 0.253 e. The molecule has 0 aliphatic carbocycles. The second-order valence-corrected chi connectivity index (χ2v) is 3.54. The lowest BCUT2D eigenvalue weighted by Crippen LogP contribution is -2.32. The van der Waals surface area contributed by atoms with E-state index in [1.54, 1.807) is 12.4 Å². The fourth-order valence-electron chi connectivity index (χ4n) is 1.41. The van der Waals surface area contributed by atoms with Gasteiger partial charge in [0.25, 0.3) is 5.91 Å². The number of nitrogens with one attached hydrogen (secondary N) is 1. The van der Waals surface area contributed by atoms with Gasteiger partial charge in [-0.05, 0) is 22.1 Å². The van der Waals surface area contributed by atoms with Crippen molar-refractivity contribution < 1.29 is 9.59 Å². The zero-order valence-electron chi connectivity index (χ0n) is 9.85. The second kappa shape index (κ2) is 6.20. The summed E-state index contributed by atoms with van der Waals surface area (Å²) in [5, 5.41) is 12.7. The first-order chi connectivity index (χ1) is 9.31. The van der Waals surface area contributed by atoms with Crippen molar-refractivity contribution in [1.82, 2.24) is 20.6 Å². The van der Waals surface area contributed by atoms with Crippen LogP contribution in [0.4, 0.5) is 5.95 Å². The molecule has 1 heterocycles. The fraction of sp³-hybridized carbons (Fsp3) is 0.0833. The molecule has 0 spiro atoms. The molecule has 1 aromatic heterocycles. The SMILES string of the molecule is O=[C]CN(C(=O)C=Cc1ccccc1)c1nnn[nH]1. The van der Waals surface area contributed by atoms with Crippen molar-refractivity contribution in [3.05, 3.63) is 42.0 Å². The maximum absolute atomic E-state index is 11.9. The summed E-state index contributed by atoms with van der Waals surface area (Å²) in [7, 11) is 0. The number of benzene rings is 1. The number of carbonyl (C=O) groups excluding carboxylic acids is 2. The van der Waals surface area contributed by atoms with Gasteiger partial charge in [0.15, 0.2) is 0 Å². The Morgan fingerprint density at radius 3 is 2.79 bits per heavy atom. The summed E-state index contributed by atoms with van der Waals surface area (Å²) in [6, 6.07) is 9.32. The molecule has 1 radical (unpaired) electrons. The number of rotatable bonds is 5. The topological polar surface area (TPSA) is 91.8 Å². The standard InChI is InChI=1S/C12H10N5O2/c18-9-8-17(12-13-15-16-14-12)11(19)7-6-10-4-2-1-3-5-10/h1-7H,8H2,(H,13,14,15,16). The van der Waals surface area contributed by atoms with E-state index < -0.39 is 5.91 Å². The number of H-pyrrole nitrogens is 1. The normalized spacial score (nSPS) is 10.5. The minimum Gasteiger partial charge on any atom is -0.289 e. The maximum atomic E-state index is 11.9. The molecule has 95 valence electrons. The Balaban J connectivity index is 2.12. The highest BCUT2D eigenvalue weighted by molar-refractivity contribution is 6.04. The van der Waals surface area contributed by atoms with E-state index in [0.29, 0.717) is 0 Å². The third kappa shape index (κ3) is 3.32. The molecule has 0 atom stereocenters. The summed E-state index contributed by atoms with van der Waals surface area (Å²) in [6.07, 6.45) is 4.63. The summed E-state index contributed by atoms with van der Waals surface area (Å²) in [6.45, 7) is -0.241. The van der Waals surface area contributed by atoms with Crippen LogP contribution in [-0.2, 0) is 9.59 Å². The molecular formula is C12H10N5O2. The summed E-state index contributed by atoms with van der Waals surface area (Å²) < 4.78 is 0. The number of nitrogens with zero attached hydrogens (tertiary/aromatic N) is 4. The van der Waals surface area contributed by atoms with Gasteiger partial charge in [0, 0.05) is 6.08 Å². The Bertz CT molecular complexity index is 565. The van der Waals surface area contributed by atoms with Crippen LogP contribution in [0.3, 0.4) is 0 Å². The number of aromatic nitrogens is 4. The van der Waals surface area contributed by atoms with Gasteiger partial charge in [-0.15, -0.1) is 0 Å². The van der Waals surface area contributed by atoms with E-state index in [1.807, 2.05) is 30.3 Å². The van der Waals surface area contributed by atoms with E-state index in [-0.39, 0.29) is 12.5 Å². The first-order valence-corrected chi connectivity index (χ1v) is 5.44. The summed E-state index contributed by atoms with van der Waals surface area (Å²) in [5.74, 6) is -0.309. The lowest BCUT2D eigenvalue weighted by atomic mass is 10.2. The van der Waals surface area contributed by atoms with Gasteiger partial charge in [0.05, 0.1) is 6.54 Å². The van der Waals surface area contributed by atoms with Crippen molar-refractivity contribution in [2.75, 3.05) is 11.4 Å². The molecule has 0 unspecified atom stereocenters. The fourth-order valence-corrected chi connectivity index (χ4v) is 1.41. The molecule has 0 saturated heterocycles. The first kappa shape index (κ1) is 12.6. The quantitative estimate of drug-likeness (QED) is 0.779. The van der Waals surface area contributed by atoms with Crippen LogP contribution in [0.25, 0.3) is 6.08 Å². The molecule has 1 N–H and O–H groups in total. The molecule has 0 bridgehead atoms. The van der Waals surface area contributed by atoms with Crippen molar-refractivity contribution in [2.24, 2.45) is 0 Å². The lowest BCUT2D eigenvalue weighted by molar-refractivity contribution is -0.114. The number of hydrogen-bond donors (Lipinski definition) is 1. The van der Waals surface area contributed by atoms with Crippen LogP contribution in [-0.4, -0.2) is 39.4 Å². The highest BCUT2D eigenvalue weighted by Crippen LogP contribution is 2.06. The van der Waals surface area contributed by atoms with Gasteiger partial charge in [0.2, 0.25) is 12.2 Å². The van der Waals surface area contributed by atoms with Crippen LogP contribution in [0.5, 0.6) is 0 Å². The van der Waals surface area contributed by atoms with Gasteiger partial charge < -0.3 is 0 Å². The number of tetrazole rings is 1. The molecular weight excluding hydrogens is 246 g/mol. The Hall–Kier alpha value is -2.83. The minimum atomic E-state index is -0.411. The molecule has 19 heavy (non-hydrogen) atoms. The number of amides is 1. The van der Waals surface area contributed by atoms with Gasteiger partial charge in [-0.1, -0.05) is 35.4 Å². The van der Waals surface area contributed by atoms with Crippen LogP contribution < -0.4 is 4.90 Å². The molecule has 0 aliphatic heterocycles. The van der Waals surface area contributed by atoms with Crippen LogP contribution in [0.15, 0.2) is 36.4 Å². The Morgan fingerprint density at radius 2 is 2.16 bits per heavy atom. The lowest BCUT2D eigenvalue weighted by Gasteiger charge is -2.12. The van der Waals surface area contributed by atoms with E-state index in [4.69, 9.17) is 0 Å². The van der Waals surface area contributed by atoms with Crippen molar-refractivity contribution in [3.8, 4) is 0 Å². The van der Waals surface area contributed by atoms with Gasteiger partial charge in [0.1, 0.15) is 0 Å². The van der Waals surface area contributed by atoms with Crippen molar-refractivity contribution in [1.29, 1.82) is 0 Å². The molecule has 7 heteroatoms. The highest BCUT2D eigenvalue weighted by Gasteiger charge is 2.16. The average Bonchev–Trinajstić information content (AvgIpc) is 2.97. The summed E-state index contributed by atoms with van der Waals surface area (Å²) in [5.41, 5.74) is 0.876. The monoisotopic (exact) mass is 256 g/mol. The minimum absolute atomic E-state index is 0.103. The zero-order chi connectivity index (χ0) is 13.5. The van der Waals surface area contributed by atoms with Gasteiger partial charge in [-0.2, -0.15) is 0 Å². The van der Waals surface area contributed by atoms with Gasteiger partial charge in [-0.3, -0.25) is 14.5 Å². The summed E-state index contributed by atoms with van der Waals surface area (Å²) >= 11 is 0. The predicted molar refractivity (Wildman–Crippen MR) is 67.7 cm³/mol. The molecule has 1 aromatic carbocycles. The van der Waals surface area contributed by atoms with Crippen LogP contribution in [0, 0.1) is 0 Å². The second-order valence-electron chi connectivity index (χ2n) is 3.54. The number of hydrogen-bond acceptors (Lipinski definition) is 5. The number of carbonyl (C=O) groups is 1. The third-order valence-corrected chi connectivity index (χ3v) is 2.30. The third-order valence-electron chi connectivity index (χ3n) is 2.30. The predicted octanol–water partition coefficient (Wildman–Crippen LogP) is 0.356. The maximum Gasteiger partial charge on any atom is 0.253 e. The van der Waals surface area contributed by atoms with E-state index >= 15 is 0 Å². The van der Waals surface area contributed by atoms with E-state index in [1.165, 1.54) is 6.08 Å². The van der Waals surface area contributed by atoms with Crippen molar-refractivity contribution in [2.45, 2.75) is 0 Å². The van der Waals surface area contributed by atoms with Crippen LogP contribution in [0.2, 0.25) is 0 Å². The molecule has 7 nitrogen and oxygen atoms in total. The Labute approximate surface area is 108 Å². The highest BCUT2D eigenvalue weighted by atomic mass is 16.2. The van der Waals surface area contributed by atoms with Crippen LogP contribution >= 0.6 is 0 Å². The van der Waals surface area contributed by atoms with Crippen LogP contribution in [0.1, 0.15) is 5.56 Å². The molecule has 1 amide bonds. The first-order valence-electron chi connectivity index (χ1n) is 5.44. The van der Waals surface area contributed by atoms with E-state index in [9.17, 15) is 9.59 Å². The number of anilines is 1. The Morgan fingerprint density at radius 1 is 1.37 bits per heavy atom. The van der Waals surface area contributed by atoms with Crippen molar-refractivity contribution in [3.63, 3.8) is 0 Å². The van der Waals surface area contributed by atoms with E-state index in [2.05, 4.69) is 20.6 Å². The zero-order valence-corrected chi connectivity index (χ0v) is 9.85. The Kier molecular flexibility index (Phi) is 4.12. The molecule has 0 fully saturated rings. The average molecular weight is 256 g/mol. The van der Waals surface area contributed by atoms with Gasteiger partial charge in [-0.25, -0.2) is 5.10 Å². The van der Waals surface area contributed by atoms with Gasteiger partial charge >= 0.3 is 0 Å². The number of aromatic amines is 1. The summed E-state index contributed by atoms with van der Waals surface area (Å²) in [4.78, 5) is 23.5. The van der Waals surface area contributed by atoms with E-state index in [0.717, 1.165) is 10.5 Å². The molecule has 0 saturated carbocycles. The van der Waals surface area contributed by atoms with Crippen molar-refractivity contribution >= 4 is 24.2 Å². The molecule has 2 rings (SSSR count). The molecule has 0 aliphatic rings. The largest absolute Gasteiger partial charge is 0.289 e.